The molecule has 2 aromatic carbocycles. The molecule has 0 atom stereocenters. The number of aliphatic hydroxyl groups excluding tert-OH is 1. The molecule has 1 aliphatic heterocycles. The maximum Gasteiger partial charge on any atom is 0.406 e. The summed E-state index contributed by atoms with van der Waals surface area (Å²) in [6.45, 7) is 0.750. The number of nitrogens with zero attached hydrogens (tertiary/aromatic N) is 2. The average Bonchev–Trinajstić information content (AvgIpc) is 3.32. The number of nitrogens with one attached hydrogen (secondary N) is 2. The third-order valence-corrected chi connectivity index (χ3v) is 9.35. The van der Waals surface area contributed by atoms with Gasteiger partial charge < -0.3 is 29.9 Å². The van der Waals surface area contributed by atoms with Crippen LogP contribution in [-0.4, -0.2) is 74.1 Å². The number of anilines is 2. The molecule has 2 heterocycles. The summed E-state index contributed by atoms with van der Waals surface area (Å²) in [5.74, 6) is 6.01. The van der Waals surface area contributed by atoms with E-state index in [1.54, 1.807) is 18.2 Å². The van der Waals surface area contributed by atoms with Crippen molar-refractivity contribution < 1.29 is 31.4 Å². The number of hydrogen-bond acceptors (Lipinski definition) is 7. The number of aromatic nitrogens is 1. The van der Waals surface area contributed by atoms with Gasteiger partial charge in [0.25, 0.3) is 0 Å². The Morgan fingerprint density at radius 3 is 2.43 bits per heavy atom. The second-order valence-electron chi connectivity index (χ2n) is 11.4. The number of benzene rings is 2. The van der Waals surface area contributed by atoms with E-state index in [1.807, 2.05) is 6.07 Å². The van der Waals surface area contributed by atoms with Crippen LogP contribution in [0.3, 0.4) is 0 Å². The number of alkyl halides is 3. The minimum atomic E-state index is -4.44. The highest BCUT2D eigenvalue weighted by Crippen LogP contribution is 2.33. The van der Waals surface area contributed by atoms with Gasteiger partial charge in [-0.3, -0.25) is 0 Å². The van der Waals surface area contributed by atoms with Crippen LogP contribution in [0.25, 0.3) is 10.9 Å². The summed E-state index contributed by atoms with van der Waals surface area (Å²) in [5.41, 5.74) is 1.93. The lowest BCUT2D eigenvalue weighted by molar-refractivity contribution is -0.140. The molecule has 2 fully saturated rings. The molecular weight excluding hydrogens is 595 g/mol. The number of aliphatic hydroxyl groups is 1. The van der Waals surface area contributed by atoms with Gasteiger partial charge in [-0.1, -0.05) is 12.0 Å². The van der Waals surface area contributed by atoms with Gasteiger partial charge in [0.1, 0.15) is 12.3 Å². The third kappa shape index (κ3) is 7.79. The Bertz CT molecular complexity index is 1630. The Morgan fingerprint density at radius 2 is 1.77 bits per heavy atom. The lowest BCUT2D eigenvalue weighted by Gasteiger charge is -2.40. The number of methoxy groups -OCH3 is 1. The maximum atomic E-state index is 13.6. The number of fused-ring (bicyclic) bond motifs is 1. The molecule has 0 bridgehead atoms. The summed E-state index contributed by atoms with van der Waals surface area (Å²) in [4.78, 5) is 2.37. The number of rotatable bonds is 8. The maximum absolute atomic E-state index is 13.6. The van der Waals surface area contributed by atoms with E-state index in [4.69, 9.17) is 9.88 Å². The van der Waals surface area contributed by atoms with Gasteiger partial charge in [0.2, 0.25) is 10.0 Å². The van der Waals surface area contributed by atoms with E-state index in [2.05, 4.69) is 27.4 Å². The van der Waals surface area contributed by atoms with Crippen LogP contribution in [0.15, 0.2) is 47.4 Å². The fourth-order valence-electron chi connectivity index (χ4n) is 6.19. The molecule has 0 radical (unpaired) electrons. The van der Waals surface area contributed by atoms with Crippen molar-refractivity contribution in [1.29, 1.82) is 0 Å². The van der Waals surface area contributed by atoms with Gasteiger partial charge >= 0.3 is 6.18 Å². The normalized spacial score (nSPS) is 20.2. The fourth-order valence-corrected chi connectivity index (χ4v) is 6.72. The predicted molar refractivity (Wildman–Crippen MR) is 164 cm³/mol. The molecule has 5 N–H and O–H groups in total. The summed E-state index contributed by atoms with van der Waals surface area (Å²) in [5, 5.41) is 22.3. The summed E-state index contributed by atoms with van der Waals surface area (Å²) in [7, 11) is -2.53. The molecule has 0 spiro atoms. The number of halogens is 3. The third-order valence-electron chi connectivity index (χ3n) is 8.44. The van der Waals surface area contributed by atoms with E-state index in [0.29, 0.717) is 22.6 Å². The molecule has 1 saturated carbocycles. The Balaban J connectivity index is 1.31. The molecule has 1 aliphatic carbocycles. The molecule has 2 aliphatic rings. The molecule has 0 amide bonds. The van der Waals surface area contributed by atoms with Crippen LogP contribution >= 0.6 is 0 Å². The monoisotopic (exact) mass is 633 g/mol. The fraction of sp³-hybridized carbons (Fsp3) is 0.484. The highest BCUT2D eigenvalue weighted by molar-refractivity contribution is 7.89. The van der Waals surface area contributed by atoms with Crippen LogP contribution in [-0.2, 0) is 16.6 Å². The van der Waals surface area contributed by atoms with Crippen molar-refractivity contribution in [2.45, 2.75) is 74.3 Å². The molecule has 0 unspecified atom stereocenters. The van der Waals surface area contributed by atoms with Gasteiger partial charge in [-0.15, -0.1) is 0 Å². The van der Waals surface area contributed by atoms with Crippen molar-refractivity contribution in [2.24, 2.45) is 5.14 Å². The predicted octanol–water partition coefficient (Wildman–Crippen LogP) is 4.50. The van der Waals surface area contributed by atoms with Crippen LogP contribution in [0.5, 0.6) is 5.75 Å². The first kappa shape index (κ1) is 32.0. The number of likely N-dealkylation sites (tertiary alicyclic amines) is 1. The zero-order chi connectivity index (χ0) is 31.5. The summed E-state index contributed by atoms with van der Waals surface area (Å²) in [6.07, 6.45) is 1.01. The highest BCUT2D eigenvalue weighted by atomic mass is 32.2. The standard InChI is InChI=1S/C31H38F3N5O4S/c1-43-30-19-25(44(35,41)42)11-12-28(30)36-15-3-4-23-18-26-27(5-2-6-29(26)39(23)20-31(32,33)34)37-21-7-9-22(10-8-21)38-16-13-24(40)14-17-38/h2,5-6,11-12,18-19,21-22,24,36-37,40H,7-10,13-17,20H2,1H3,(H2,35,41,42)/t21-,22-. The molecule has 1 saturated heterocycles. The number of ether oxygens (including phenoxy) is 1. The second-order valence-corrected chi connectivity index (χ2v) is 13.0. The lowest BCUT2D eigenvalue weighted by atomic mass is 9.88. The van der Waals surface area contributed by atoms with E-state index in [0.717, 1.165) is 57.3 Å². The minimum Gasteiger partial charge on any atom is -0.495 e. The summed E-state index contributed by atoms with van der Waals surface area (Å²) < 4.78 is 70.6. The van der Waals surface area contributed by atoms with Gasteiger partial charge in [-0.05, 0) is 74.8 Å². The van der Waals surface area contributed by atoms with Gasteiger partial charge in [0.05, 0.1) is 41.6 Å². The second kappa shape index (κ2) is 13.3. The minimum absolute atomic E-state index is 0.0724. The van der Waals surface area contributed by atoms with Crippen molar-refractivity contribution in [3.8, 4) is 17.6 Å². The van der Waals surface area contributed by atoms with Gasteiger partial charge in [0, 0.05) is 42.3 Å². The zero-order valence-corrected chi connectivity index (χ0v) is 25.3. The Labute approximate surface area is 255 Å². The van der Waals surface area contributed by atoms with E-state index in [9.17, 15) is 26.7 Å². The topological polar surface area (TPSA) is 122 Å². The first-order chi connectivity index (χ1) is 20.9. The van der Waals surface area contributed by atoms with Crippen LogP contribution in [0.1, 0.15) is 44.2 Å². The van der Waals surface area contributed by atoms with Crippen molar-refractivity contribution in [3.05, 3.63) is 48.2 Å². The van der Waals surface area contributed by atoms with Gasteiger partial charge in [0.15, 0.2) is 0 Å². The SMILES string of the molecule is COc1cc(S(N)(=O)=O)ccc1NCC#Cc1cc2c(N[C@H]3CC[C@H](N4CCC(O)CC4)CC3)cccc2n1CC(F)(F)F. The van der Waals surface area contributed by atoms with Crippen molar-refractivity contribution in [1.82, 2.24) is 9.47 Å². The van der Waals surface area contributed by atoms with Crippen LogP contribution < -0.4 is 20.5 Å². The van der Waals surface area contributed by atoms with E-state index in [1.165, 1.54) is 29.9 Å². The number of piperidine rings is 1. The van der Waals surface area contributed by atoms with E-state index in [-0.39, 0.29) is 35.0 Å². The Hall–Kier alpha value is -3.44. The quantitative estimate of drug-likeness (QED) is 0.270. The highest BCUT2D eigenvalue weighted by Gasteiger charge is 2.31. The van der Waals surface area contributed by atoms with Crippen molar-refractivity contribution in [2.75, 3.05) is 37.4 Å². The van der Waals surface area contributed by atoms with Gasteiger partial charge in [-0.2, -0.15) is 13.2 Å². The Kier molecular flexibility index (Phi) is 9.65. The van der Waals surface area contributed by atoms with Gasteiger partial charge in [-0.25, -0.2) is 13.6 Å². The summed E-state index contributed by atoms with van der Waals surface area (Å²) in [6, 6.07) is 11.9. The first-order valence-corrected chi connectivity index (χ1v) is 16.3. The van der Waals surface area contributed by atoms with Crippen LogP contribution in [0, 0.1) is 11.8 Å². The molecule has 1 aromatic heterocycles. The smallest absolute Gasteiger partial charge is 0.406 e. The van der Waals surface area contributed by atoms with Crippen molar-refractivity contribution in [3.63, 3.8) is 0 Å². The molecule has 13 heteroatoms. The molecule has 44 heavy (non-hydrogen) atoms. The van der Waals surface area contributed by atoms with Crippen LogP contribution in [0.4, 0.5) is 24.5 Å². The molecule has 5 rings (SSSR count). The number of primary sulfonamides is 1. The average molecular weight is 634 g/mol. The molecular formula is C31H38F3N5O4S. The van der Waals surface area contributed by atoms with E-state index < -0.39 is 22.7 Å². The lowest BCUT2D eigenvalue weighted by Crippen LogP contribution is -2.45. The van der Waals surface area contributed by atoms with Crippen molar-refractivity contribution >= 4 is 32.3 Å². The number of hydrogen-bond donors (Lipinski definition) is 4. The summed E-state index contributed by atoms with van der Waals surface area (Å²) >= 11 is 0. The number of nitrogens with two attached hydrogens (primary N) is 1. The zero-order valence-electron chi connectivity index (χ0n) is 24.5. The van der Waals surface area contributed by atoms with Crippen LogP contribution in [0.2, 0.25) is 0 Å². The largest absolute Gasteiger partial charge is 0.495 e. The number of sulfonamides is 1. The molecule has 3 aromatic rings. The van der Waals surface area contributed by atoms with E-state index >= 15 is 0 Å². The molecule has 238 valence electrons. The Morgan fingerprint density at radius 1 is 1.05 bits per heavy atom. The first-order valence-electron chi connectivity index (χ1n) is 14.7. The molecule has 9 nitrogen and oxygen atoms in total.